The number of nitrogens with zero attached hydrogens (tertiary/aromatic N) is 1. The van der Waals surface area contributed by atoms with Crippen LogP contribution in [0, 0.1) is 0 Å². The first-order valence-electron chi connectivity index (χ1n) is 18.9. The molecule has 0 bridgehead atoms. The van der Waals surface area contributed by atoms with Crippen molar-refractivity contribution in [2.75, 3.05) is 4.90 Å². The molecule has 10 aromatic carbocycles. The van der Waals surface area contributed by atoms with Crippen LogP contribution in [0.1, 0.15) is 0 Å². The fourth-order valence-electron chi connectivity index (χ4n) is 8.17. The van der Waals surface area contributed by atoms with Gasteiger partial charge in [-0.05, 0) is 102 Å². The highest BCUT2D eigenvalue weighted by molar-refractivity contribution is 6.22. The Hall–Kier alpha value is -7.22. The minimum atomic E-state index is 1.10. The van der Waals surface area contributed by atoms with E-state index < -0.39 is 0 Å². The highest BCUT2D eigenvalue weighted by Crippen LogP contribution is 2.43. The van der Waals surface area contributed by atoms with E-state index in [0.717, 1.165) is 17.1 Å². The summed E-state index contributed by atoms with van der Waals surface area (Å²) in [4.78, 5) is 2.40. The quantitative estimate of drug-likeness (QED) is 0.150. The monoisotopic (exact) mass is 699 g/mol. The average Bonchev–Trinajstić information content (AvgIpc) is 3.27. The van der Waals surface area contributed by atoms with Gasteiger partial charge in [-0.2, -0.15) is 0 Å². The van der Waals surface area contributed by atoms with Crippen LogP contribution in [-0.2, 0) is 0 Å². The lowest BCUT2D eigenvalue weighted by Gasteiger charge is -2.28. The lowest BCUT2D eigenvalue weighted by Crippen LogP contribution is -2.11. The van der Waals surface area contributed by atoms with E-state index >= 15 is 0 Å². The van der Waals surface area contributed by atoms with Crippen LogP contribution in [0.3, 0.4) is 0 Å². The largest absolute Gasteiger partial charge is 0.310 e. The molecule has 10 aromatic rings. The second kappa shape index (κ2) is 14.0. The van der Waals surface area contributed by atoms with E-state index in [1.165, 1.54) is 76.8 Å². The zero-order valence-electron chi connectivity index (χ0n) is 30.3. The van der Waals surface area contributed by atoms with Crippen molar-refractivity contribution in [1.29, 1.82) is 0 Å². The van der Waals surface area contributed by atoms with Crippen LogP contribution in [0.4, 0.5) is 17.1 Å². The van der Waals surface area contributed by atoms with E-state index in [2.05, 4.69) is 229 Å². The van der Waals surface area contributed by atoms with Crippen LogP contribution in [0.15, 0.2) is 224 Å². The number of hydrogen-bond donors (Lipinski definition) is 0. The third-order valence-electron chi connectivity index (χ3n) is 10.9. The molecule has 0 atom stereocenters. The van der Waals surface area contributed by atoms with Gasteiger partial charge in [0.2, 0.25) is 0 Å². The van der Waals surface area contributed by atoms with Crippen LogP contribution >= 0.6 is 0 Å². The van der Waals surface area contributed by atoms with E-state index in [0.29, 0.717) is 0 Å². The van der Waals surface area contributed by atoms with Gasteiger partial charge < -0.3 is 4.90 Å². The third kappa shape index (κ3) is 6.02. The Balaban J connectivity index is 1.10. The number of hydrogen-bond acceptors (Lipinski definition) is 1. The summed E-state index contributed by atoms with van der Waals surface area (Å²) in [7, 11) is 0. The predicted octanol–water partition coefficient (Wildman–Crippen LogP) is 15.3. The molecule has 0 N–H and O–H groups in total. The standard InChI is InChI=1S/C54H37N/c1-3-13-38(14-4-1)39-25-27-40(28-26-39)41-31-34-46(35-32-41)55(53-24-10-9-20-49(53)42-15-5-2-6-16-42)47-19-11-18-45(37-47)48-22-12-23-52-51(48)36-33-44-30-29-43-17-7-8-21-50(43)54(44)52/h1-37H. The molecule has 0 unspecified atom stereocenters. The molecule has 10 rings (SSSR count). The Morgan fingerprint density at radius 2 is 0.782 bits per heavy atom. The number of rotatable bonds is 7. The van der Waals surface area contributed by atoms with Gasteiger partial charge in [-0.25, -0.2) is 0 Å². The van der Waals surface area contributed by atoms with Crippen molar-refractivity contribution in [2.45, 2.75) is 0 Å². The van der Waals surface area contributed by atoms with Crippen molar-refractivity contribution in [1.82, 2.24) is 0 Å². The zero-order valence-corrected chi connectivity index (χ0v) is 30.3. The summed E-state index contributed by atoms with van der Waals surface area (Å²) in [6.45, 7) is 0. The Labute approximate surface area is 322 Å². The number of fused-ring (bicyclic) bond motifs is 5. The van der Waals surface area contributed by atoms with Gasteiger partial charge in [0.15, 0.2) is 0 Å². The fraction of sp³-hybridized carbons (Fsp3) is 0. The molecule has 0 saturated heterocycles. The summed E-state index contributed by atoms with van der Waals surface area (Å²) >= 11 is 0. The normalized spacial score (nSPS) is 11.3. The van der Waals surface area contributed by atoms with E-state index in [1.54, 1.807) is 0 Å². The maximum atomic E-state index is 2.40. The molecule has 1 nitrogen and oxygen atoms in total. The van der Waals surface area contributed by atoms with Gasteiger partial charge in [0.05, 0.1) is 5.69 Å². The molecule has 0 saturated carbocycles. The van der Waals surface area contributed by atoms with E-state index in [1.807, 2.05) is 0 Å². The minimum absolute atomic E-state index is 1.10. The maximum Gasteiger partial charge on any atom is 0.0540 e. The molecule has 0 aromatic heterocycles. The van der Waals surface area contributed by atoms with Gasteiger partial charge in [-0.3, -0.25) is 0 Å². The first kappa shape index (κ1) is 32.4. The zero-order chi connectivity index (χ0) is 36.6. The van der Waals surface area contributed by atoms with Crippen molar-refractivity contribution in [3.63, 3.8) is 0 Å². The molecular formula is C54H37N. The maximum absolute atomic E-state index is 2.40. The van der Waals surface area contributed by atoms with E-state index in [9.17, 15) is 0 Å². The van der Waals surface area contributed by atoms with Gasteiger partial charge >= 0.3 is 0 Å². The number of anilines is 3. The number of para-hydroxylation sites is 1. The summed E-state index contributed by atoms with van der Waals surface area (Å²) < 4.78 is 0. The van der Waals surface area contributed by atoms with Gasteiger partial charge in [0.25, 0.3) is 0 Å². The molecule has 1 heteroatoms. The van der Waals surface area contributed by atoms with Crippen LogP contribution < -0.4 is 4.90 Å². The summed E-state index contributed by atoms with van der Waals surface area (Å²) in [6, 6.07) is 81.4. The topological polar surface area (TPSA) is 3.24 Å². The first-order chi connectivity index (χ1) is 27.3. The van der Waals surface area contributed by atoms with Crippen molar-refractivity contribution in [3.8, 4) is 44.5 Å². The van der Waals surface area contributed by atoms with Crippen LogP contribution in [0.5, 0.6) is 0 Å². The lowest BCUT2D eigenvalue weighted by atomic mass is 9.92. The van der Waals surface area contributed by atoms with Gasteiger partial charge in [-0.15, -0.1) is 0 Å². The van der Waals surface area contributed by atoms with Gasteiger partial charge in [0.1, 0.15) is 0 Å². The molecule has 0 amide bonds. The van der Waals surface area contributed by atoms with E-state index in [4.69, 9.17) is 0 Å². The minimum Gasteiger partial charge on any atom is -0.310 e. The second-order valence-corrected chi connectivity index (χ2v) is 14.1. The van der Waals surface area contributed by atoms with Gasteiger partial charge in [-0.1, -0.05) is 194 Å². The fourth-order valence-corrected chi connectivity index (χ4v) is 8.17. The molecule has 55 heavy (non-hydrogen) atoms. The van der Waals surface area contributed by atoms with Crippen molar-refractivity contribution < 1.29 is 0 Å². The average molecular weight is 700 g/mol. The third-order valence-corrected chi connectivity index (χ3v) is 10.9. The number of benzene rings is 10. The Kier molecular flexibility index (Phi) is 8.24. The molecule has 0 heterocycles. The van der Waals surface area contributed by atoms with Crippen LogP contribution in [0.25, 0.3) is 76.8 Å². The Morgan fingerprint density at radius 1 is 0.255 bits per heavy atom. The van der Waals surface area contributed by atoms with Crippen LogP contribution in [0.2, 0.25) is 0 Å². The molecule has 0 spiro atoms. The highest BCUT2D eigenvalue weighted by Gasteiger charge is 2.19. The molecule has 0 aliphatic heterocycles. The van der Waals surface area contributed by atoms with Crippen molar-refractivity contribution in [3.05, 3.63) is 224 Å². The van der Waals surface area contributed by atoms with Crippen molar-refractivity contribution >= 4 is 49.4 Å². The highest BCUT2D eigenvalue weighted by atomic mass is 15.1. The molecule has 0 fully saturated rings. The summed E-state index contributed by atoms with van der Waals surface area (Å²) in [5.41, 5.74) is 12.9. The molecule has 0 aliphatic rings. The molecular weight excluding hydrogens is 663 g/mol. The Bertz CT molecular complexity index is 2950. The SMILES string of the molecule is c1ccc(-c2ccc(-c3ccc(N(c4cccc(-c5cccc6c5ccc5ccc7ccccc7c56)c4)c4ccccc4-c4ccccc4)cc3)cc2)cc1. The van der Waals surface area contributed by atoms with Crippen molar-refractivity contribution in [2.24, 2.45) is 0 Å². The first-order valence-corrected chi connectivity index (χ1v) is 18.9. The van der Waals surface area contributed by atoms with Gasteiger partial charge in [0, 0.05) is 16.9 Å². The lowest BCUT2D eigenvalue weighted by molar-refractivity contribution is 1.28. The summed E-state index contributed by atoms with van der Waals surface area (Å²) in [5.74, 6) is 0. The van der Waals surface area contributed by atoms with E-state index in [-0.39, 0.29) is 0 Å². The Morgan fingerprint density at radius 3 is 1.55 bits per heavy atom. The van der Waals surface area contributed by atoms with Crippen LogP contribution in [-0.4, -0.2) is 0 Å². The summed E-state index contributed by atoms with van der Waals surface area (Å²) in [5, 5.41) is 7.64. The summed E-state index contributed by atoms with van der Waals surface area (Å²) in [6.07, 6.45) is 0. The predicted molar refractivity (Wildman–Crippen MR) is 235 cm³/mol. The smallest absolute Gasteiger partial charge is 0.0540 e. The second-order valence-electron chi connectivity index (χ2n) is 14.1. The molecule has 258 valence electrons. The molecule has 0 radical (unpaired) electrons. The molecule has 0 aliphatic carbocycles.